The third-order valence-corrected chi connectivity index (χ3v) is 5.92. The Bertz CT molecular complexity index is 854. The molecule has 5 heteroatoms. The Kier molecular flexibility index (Phi) is 5.62. The van der Waals surface area contributed by atoms with Gasteiger partial charge >= 0.3 is 0 Å². The molecule has 1 fully saturated rings. The molecule has 0 spiro atoms. The molecule has 148 valence electrons. The molecule has 0 saturated carbocycles. The molecule has 0 bridgehead atoms. The highest BCUT2D eigenvalue weighted by molar-refractivity contribution is 5.79. The molecule has 2 aliphatic rings. The van der Waals surface area contributed by atoms with E-state index in [1.807, 2.05) is 17.0 Å². The van der Waals surface area contributed by atoms with Crippen molar-refractivity contribution in [2.45, 2.75) is 32.4 Å². The van der Waals surface area contributed by atoms with Gasteiger partial charge < -0.3 is 9.64 Å². The Balaban J connectivity index is 1.38. The van der Waals surface area contributed by atoms with Gasteiger partial charge in [-0.05, 0) is 54.6 Å². The van der Waals surface area contributed by atoms with E-state index < -0.39 is 0 Å². The van der Waals surface area contributed by atoms with Crippen molar-refractivity contribution in [3.05, 3.63) is 65.0 Å². The van der Waals surface area contributed by atoms with Crippen LogP contribution in [0.1, 0.15) is 29.5 Å². The van der Waals surface area contributed by atoms with Gasteiger partial charge in [-0.1, -0.05) is 30.3 Å². The van der Waals surface area contributed by atoms with Crippen molar-refractivity contribution in [2.75, 3.05) is 26.7 Å². The SMILES string of the molecule is COc1ccc(CN2CCCC(C(=O)N3CCc4ccccc4C3)C2)cc1F. The molecule has 1 atom stereocenters. The third-order valence-electron chi connectivity index (χ3n) is 5.92. The summed E-state index contributed by atoms with van der Waals surface area (Å²) in [5, 5.41) is 0. The van der Waals surface area contributed by atoms with E-state index in [4.69, 9.17) is 4.74 Å². The van der Waals surface area contributed by atoms with Gasteiger partial charge in [0.1, 0.15) is 0 Å². The smallest absolute Gasteiger partial charge is 0.227 e. The molecule has 0 aromatic heterocycles. The lowest BCUT2D eigenvalue weighted by atomic mass is 9.93. The maximum absolute atomic E-state index is 14.0. The molecule has 2 aliphatic heterocycles. The first-order valence-electron chi connectivity index (χ1n) is 10.0. The summed E-state index contributed by atoms with van der Waals surface area (Å²) in [5.41, 5.74) is 3.54. The van der Waals surface area contributed by atoms with Gasteiger partial charge in [-0.15, -0.1) is 0 Å². The first-order valence-corrected chi connectivity index (χ1v) is 10.0. The second-order valence-corrected chi connectivity index (χ2v) is 7.82. The Morgan fingerprint density at radius 2 is 2.00 bits per heavy atom. The number of nitrogens with zero attached hydrogens (tertiary/aromatic N) is 2. The van der Waals surface area contributed by atoms with Crippen molar-refractivity contribution < 1.29 is 13.9 Å². The van der Waals surface area contributed by atoms with E-state index in [1.54, 1.807) is 6.07 Å². The summed E-state index contributed by atoms with van der Waals surface area (Å²) in [6, 6.07) is 13.5. The van der Waals surface area contributed by atoms with Crippen LogP contribution in [0.4, 0.5) is 4.39 Å². The van der Waals surface area contributed by atoms with Gasteiger partial charge in [0.05, 0.1) is 13.0 Å². The lowest BCUT2D eigenvalue weighted by Crippen LogP contribution is -2.46. The zero-order valence-electron chi connectivity index (χ0n) is 16.4. The zero-order chi connectivity index (χ0) is 19.5. The molecular weight excluding hydrogens is 355 g/mol. The number of benzene rings is 2. The van der Waals surface area contributed by atoms with Crippen LogP contribution >= 0.6 is 0 Å². The lowest BCUT2D eigenvalue weighted by Gasteiger charge is -2.36. The van der Waals surface area contributed by atoms with E-state index >= 15 is 0 Å². The number of likely N-dealkylation sites (tertiary alicyclic amines) is 1. The number of hydrogen-bond donors (Lipinski definition) is 0. The number of methoxy groups -OCH3 is 1. The van der Waals surface area contributed by atoms with E-state index in [2.05, 4.69) is 23.1 Å². The fraction of sp³-hybridized carbons (Fsp3) is 0.435. The van der Waals surface area contributed by atoms with Crippen LogP contribution in [0.2, 0.25) is 0 Å². The van der Waals surface area contributed by atoms with E-state index in [0.717, 1.165) is 51.0 Å². The number of halogens is 1. The van der Waals surface area contributed by atoms with Gasteiger partial charge in [0.2, 0.25) is 5.91 Å². The standard InChI is InChI=1S/C23H27FN2O2/c1-28-22-9-8-17(13-21(22)24)14-25-11-4-7-20(15-25)23(27)26-12-10-18-5-2-3-6-19(18)16-26/h2-3,5-6,8-9,13,20H,4,7,10-12,14-16H2,1H3. The highest BCUT2D eigenvalue weighted by Crippen LogP contribution is 2.25. The van der Waals surface area contributed by atoms with Gasteiger partial charge in [-0.3, -0.25) is 9.69 Å². The van der Waals surface area contributed by atoms with Gasteiger partial charge in [-0.25, -0.2) is 4.39 Å². The number of piperidine rings is 1. The number of hydrogen-bond acceptors (Lipinski definition) is 3. The first-order chi connectivity index (χ1) is 13.6. The Morgan fingerprint density at radius 1 is 1.18 bits per heavy atom. The Labute approximate surface area is 165 Å². The van der Waals surface area contributed by atoms with Crippen molar-refractivity contribution >= 4 is 5.91 Å². The summed E-state index contributed by atoms with van der Waals surface area (Å²) in [5.74, 6) is 0.222. The van der Waals surface area contributed by atoms with Crippen molar-refractivity contribution in [3.8, 4) is 5.75 Å². The zero-order valence-corrected chi connectivity index (χ0v) is 16.4. The molecule has 2 aromatic carbocycles. The van der Waals surface area contributed by atoms with E-state index in [9.17, 15) is 9.18 Å². The van der Waals surface area contributed by atoms with Gasteiger partial charge in [0.25, 0.3) is 0 Å². The maximum atomic E-state index is 14.0. The maximum Gasteiger partial charge on any atom is 0.227 e. The van der Waals surface area contributed by atoms with Crippen LogP contribution in [0.3, 0.4) is 0 Å². The van der Waals surface area contributed by atoms with E-state index in [0.29, 0.717) is 6.54 Å². The van der Waals surface area contributed by atoms with Crippen LogP contribution in [-0.2, 0) is 24.3 Å². The largest absolute Gasteiger partial charge is 0.494 e. The predicted octanol–water partition coefficient (Wildman–Crippen LogP) is 3.63. The van der Waals surface area contributed by atoms with Gasteiger partial charge in [0.15, 0.2) is 11.6 Å². The number of carbonyl (C=O) groups is 1. The summed E-state index contributed by atoms with van der Waals surface area (Å²) in [6.45, 7) is 3.86. The Hall–Kier alpha value is -2.40. The normalized spacial score (nSPS) is 19.9. The van der Waals surface area contributed by atoms with Crippen LogP contribution < -0.4 is 4.74 Å². The highest BCUT2D eigenvalue weighted by atomic mass is 19.1. The number of rotatable bonds is 4. The van der Waals surface area contributed by atoms with Crippen LogP contribution in [0.5, 0.6) is 5.75 Å². The fourth-order valence-corrected chi connectivity index (χ4v) is 4.41. The number of fused-ring (bicyclic) bond motifs is 1. The molecule has 2 aromatic rings. The third kappa shape index (κ3) is 4.04. The summed E-state index contributed by atoms with van der Waals surface area (Å²) in [6.07, 6.45) is 2.87. The number of ether oxygens (including phenoxy) is 1. The number of carbonyl (C=O) groups excluding carboxylic acids is 1. The van der Waals surface area contributed by atoms with Crippen LogP contribution in [0.25, 0.3) is 0 Å². The van der Waals surface area contributed by atoms with E-state index in [-0.39, 0.29) is 23.4 Å². The quantitative estimate of drug-likeness (QED) is 0.810. The molecule has 1 unspecified atom stereocenters. The average molecular weight is 382 g/mol. The molecular formula is C23H27FN2O2. The summed E-state index contributed by atoms with van der Waals surface area (Å²) in [4.78, 5) is 17.4. The highest BCUT2D eigenvalue weighted by Gasteiger charge is 2.31. The average Bonchev–Trinajstić information content (AvgIpc) is 2.73. The molecule has 2 heterocycles. The summed E-state index contributed by atoms with van der Waals surface area (Å²) >= 11 is 0. The molecule has 0 aliphatic carbocycles. The van der Waals surface area contributed by atoms with Gasteiger partial charge in [0, 0.05) is 26.2 Å². The van der Waals surface area contributed by atoms with Crippen LogP contribution in [0.15, 0.2) is 42.5 Å². The fourth-order valence-electron chi connectivity index (χ4n) is 4.41. The molecule has 0 N–H and O–H groups in total. The van der Waals surface area contributed by atoms with Crippen LogP contribution in [-0.4, -0.2) is 42.5 Å². The lowest BCUT2D eigenvalue weighted by molar-refractivity contribution is -0.138. The van der Waals surface area contributed by atoms with Crippen molar-refractivity contribution in [3.63, 3.8) is 0 Å². The van der Waals surface area contributed by atoms with E-state index in [1.165, 1.54) is 24.3 Å². The first kappa shape index (κ1) is 18.9. The molecule has 4 rings (SSSR count). The van der Waals surface area contributed by atoms with Crippen LogP contribution in [0, 0.1) is 11.7 Å². The van der Waals surface area contributed by atoms with Crippen molar-refractivity contribution in [1.82, 2.24) is 9.80 Å². The Morgan fingerprint density at radius 3 is 2.79 bits per heavy atom. The number of amides is 1. The molecule has 28 heavy (non-hydrogen) atoms. The monoisotopic (exact) mass is 382 g/mol. The van der Waals surface area contributed by atoms with Crippen molar-refractivity contribution in [2.24, 2.45) is 5.92 Å². The van der Waals surface area contributed by atoms with Crippen molar-refractivity contribution in [1.29, 1.82) is 0 Å². The summed E-state index contributed by atoms with van der Waals surface area (Å²) < 4.78 is 19.0. The predicted molar refractivity (Wildman–Crippen MR) is 107 cm³/mol. The molecule has 0 radical (unpaired) electrons. The summed E-state index contributed by atoms with van der Waals surface area (Å²) in [7, 11) is 1.47. The second kappa shape index (κ2) is 8.31. The minimum atomic E-state index is -0.336. The van der Waals surface area contributed by atoms with Gasteiger partial charge in [-0.2, -0.15) is 0 Å². The second-order valence-electron chi connectivity index (χ2n) is 7.82. The molecule has 4 nitrogen and oxygen atoms in total. The molecule has 1 amide bonds. The molecule has 1 saturated heterocycles. The minimum Gasteiger partial charge on any atom is -0.494 e. The topological polar surface area (TPSA) is 32.8 Å². The minimum absolute atomic E-state index is 0.0297.